The number of anilines is 2. The molecule has 0 bridgehead atoms. The van der Waals surface area contributed by atoms with Crippen molar-refractivity contribution in [2.24, 2.45) is 0 Å². The third-order valence-electron chi connectivity index (χ3n) is 4.52. The van der Waals surface area contributed by atoms with E-state index in [1.807, 2.05) is 36.4 Å². The molecule has 25 heavy (non-hydrogen) atoms. The molecule has 1 saturated heterocycles. The van der Waals surface area contributed by atoms with Crippen LogP contribution < -0.4 is 15.0 Å². The van der Waals surface area contributed by atoms with Crippen LogP contribution in [0, 0.1) is 0 Å². The molecule has 1 aliphatic rings. The summed E-state index contributed by atoms with van der Waals surface area (Å²) in [5.74, 6) is 1.03. The Morgan fingerprint density at radius 3 is 2.64 bits per heavy atom. The van der Waals surface area contributed by atoms with Crippen LogP contribution in [0.4, 0.5) is 11.4 Å². The highest BCUT2D eigenvalue weighted by molar-refractivity contribution is 5.95. The molecule has 2 aromatic carbocycles. The predicted octanol–water partition coefficient (Wildman–Crippen LogP) is 4.43. The van der Waals surface area contributed by atoms with E-state index in [-0.39, 0.29) is 12.5 Å². The van der Waals surface area contributed by atoms with Gasteiger partial charge in [0, 0.05) is 13.1 Å². The molecule has 1 heterocycles. The number of carbonyl (C=O) groups is 1. The van der Waals surface area contributed by atoms with E-state index >= 15 is 0 Å². The standard InChI is InChI=1S/C21H26N2O2/c1-16(2)17-8-7-9-18(14-17)25-15-21(24)22-19-10-3-4-11-20(19)23-12-5-6-13-23/h3-4,7-11,14,16H,5-6,12-13,15H2,1-2H3,(H,22,24). The topological polar surface area (TPSA) is 41.6 Å². The number of carbonyl (C=O) groups excluding carboxylic acids is 1. The van der Waals surface area contributed by atoms with Crippen LogP contribution in [-0.4, -0.2) is 25.6 Å². The number of ether oxygens (including phenoxy) is 1. The average molecular weight is 338 g/mol. The van der Waals surface area contributed by atoms with Crippen molar-refractivity contribution in [3.8, 4) is 5.75 Å². The lowest BCUT2D eigenvalue weighted by Crippen LogP contribution is -2.24. The number of nitrogens with one attached hydrogen (secondary N) is 1. The number of hydrogen-bond donors (Lipinski definition) is 1. The van der Waals surface area contributed by atoms with E-state index in [9.17, 15) is 4.79 Å². The molecule has 4 heteroatoms. The smallest absolute Gasteiger partial charge is 0.262 e. The summed E-state index contributed by atoms with van der Waals surface area (Å²) in [5.41, 5.74) is 3.15. The van der Waals surface area contributed by atoms with Gasteiger partial charge in [-0.3, -0.25) is 4.79 Å². The fourth-order valence-corrected chi connectivity index (χ4v) is 3.11. The minimum Gasteiger partial charge on any atom is -0.484 e. The normalized spacial score (nSPS) is 14.0. The molecule has 1 N–H and O–H groups in total. The predicted molar refractivity (Wildman–Crippen MR) is 103 cm³/mol. The highest BCUT2D eigenvalue weighted by Crippen LogP contribution is 2.28. The Bertz CT molecular complexity index is 721. The van der Waals surface area contributed by atoms with Gasteiger partial charge < -0.3 is 15.0 Å². The first kappa shape index (κ1) is 17.3. The highest BCUT2D eigenvalue weighted by atomic mass is 16.5. The van der Waals surface area contributed by atoms with Crippen LogP contribution in [0.25, 0.3) is 0 Å². The van der Waals surface area contributed by atoms with Crippen molar-refractivity contribution < 1.29 is 9.53 Å². The zero-order valence-electron chi connectivity index (χ0n) is 15.0. The first-order chi connectivity index (χ1) is 12.1. The molecule has 1 aliphatic heterocycles. The molecule has 0 spiro atoms. The molecule has 3 rings (SSSR count). The molecular weight excluding hydrogens is 312 g/mol. The van der Waals surface area contributed by atoms with Crippen LogP contribution in [0.1, 0.15) is 38.2 Å². The van der Waals surface area contributed by atoms with E-state index < -0.39 is 0 Å². The summed E-state index contributed by atoms with van der Waals surface area (Å²) in [6.45, 7) is 6.38. The van der Waals surface area contributed by atoms with Crippen LogP contribution >= 0.6 is 0 Å². The van der Waals surface area contributed by atoms with Crippen molar-refractivity contribution in [1.82, 2.24) is 0 Å². The SMILES string of the molecule is CC(C)c1cccc(OCC(=O)Nc2ccccc2N2CCCC2)c1. The Balaban J connectivity index is 1.61. The van der Waals surface area contributed by atoms with E-state index in [1.165, 1.54) is 18.4 Å². The number of hydrogen-bond acceptors (Lipinski definition) is 3. The summed E-state index contributed by atoms with van der Waals surface area (Å²) >= 11 is 0. The van der Waals surface area contributed by atoms with E-state index in [1.54, 1.807) is 0 Å². The quantitative estimate of drug-likeness (QED) is 0.847. The van der Waals surface area contributed by atoms with Crippen LogP contribution in [0.5, 0.6) is 5.75 Å². The van der Waals surface area contributed by atoms with Gasteiger partial charge in [0.25, 0.3) is 5.91 Å². The van der Waals surface area contributed by atoms with Gasteiger partial charge in [-0.15, -0.1) is 0 Å². The molecule has 132 valence electrons. The van der Waals surface area contributed by atoms with Crippen molar-refractivity contribution in [3.63, 3.8) is 0 Å². The molecule has 4 nitrogen and oxygen atoms in total. The summed E-state index contributed by atoms with van der Waals surface area (Å²) in [4.78, 5) is 14.6. The molecule has 1 amide bonds. The fraction of sp³-hybridized carbons (Fsp3) is 0.381. The van der Waals surface area contributed by atoms with Crippen molar-refractivity contribution in [1.29, 1.82) is 0 Å². The third-order valence-corrected chi connectivity index (χ3v) is 4.52. The van der Waals surface area contributed by atoms with Gasteiger partial charge in [0.05, 0.1) is 11.4 Å². The molecule has 1 fully saturated rings. The van der Waals surface area contributed by atoms with Crippen LogP contribution in [0.15, 0.2) is 48.5 Å². The summed E-state index contributed by atoms with van der Waals surface area (Å²) in [6, 6.07) is 15.9. The summed E-state index contributed by atoms with van der Waals surface area (Å²) in [7, 11) is 0. The van der Waals surface area contributed by atoms with Gasteiger partial charge in [-0.25, -0.2) is 0 Å². The number of para-hydroxylation sites is 2. The minimum atomic E-state index is -0.137. The first-order valence-electron chi connectivity index (χ1n) is 9.00. The molecule has 0 aliphatic carbocycles. The minimum absolute atomic E-state index is 0.00980. The Hall–Kier alpha value is -2.49. The maximum absolute atomic E-state index is 12.3. The van der Waals surface area contributed by atoms with Gasteiger partial charge in [-0.05, 0) is 48.6 Å². The second-order valence-corrected chi connectivity index (χ2v) is 6.78. The fourth-order valence-electron chi connectivity index (χ4n) is 3.11. The van der Waals surface area contributed by atoms with Crippen molar-refractivity contribution in [2.75, 3.05) is 29.9 Å². The number of nitrogens with zero attached hydrogens (tertiary/aromatic N) is 1. The Morgan fingerprint density at radius 2 is 1.88 bits per heavy atom. The molecule has 0 unspecified atom stereocenters. The highest BCUT2D eigenvalue weighted by Gasteiger charge is 2.16. The molecule has 0 atom stereocenters. The van der Waals surface area contributed by atoms with E-state index in [0.717, 1.165) is 30.2 Å². The van der Waals surface area contributed by atoms with Crippen molar-refractivity contribution in [3.05, 3.63) is 54.1 Å². The van der Waals surface area contributed by atoms with Gasteiger partial charge >= 0.3 is 0 Å². The van der Waals surface area contributed by atoms with Crippen LogP contribution in [-0.2, 0) is 4.79 Å². The number of benzene rings is 2. The molecule has 0 aromatic heterocycles. The van der Waals surface area contributed by atoms with Gasteiger partial charge in [-0.1, -0.05) is 38.1 Å². The monoisotopic (exact) mass is 338 g/mol. The molecule has 0 saturated carbocycles. The van der Waals surface area contributed by atoms with Gasteiger partial charge in [0.1, 0.15) is 5.75 Å². The first-order valence-corrected chi connectivity index (χ1v) is 9.00. The summed E-state index contributed by atoms with van der Waals surface area (Å²) in [6.07, 6.45) is 2.41. The van der Waals surface area contributed by atoms with Gasteiger partial charge in [0.2, 0.25) is 0 Å². The summed E-state index contributed by atoms with van der Waals surface area (Å²) < 4.78 is 5.67. The molecular formula is C21H26N2O2. The Labute approximate surface area is 149 Å². The largest absolute Gasteiger partial charge is 0.484 e. The lowest BCUT2D eigenvalue weighted by atomic mass is 10.0. The average Bonchev–Trinajstić information content (AvgIpc) is 3.15. The van der Waals surface area contributed by atoms with Gasteiger partial charge in [0.15, 0.2) is 6.61 Å². The zero-order valence-corrected chi connectivity index (χ0v) is 15.0. The zero-order chi connectivity index (χ0) is 17.6. The lowest BCUT2D eigenvalue weighted by molar-refractivity contribution is -0.118. The van der Waals surface area contributed by atoms with Gasteiger partial charge in [-0.2, -0.15) is 0 Å². The Kier molecular flexibility index (Phi) is 5.59. The molecule has 2 aromatic rings. The number of amides is 1. The third kappa shape index (κ3) is 4.53. The van der Waals surface area contributed by atoms with Crippen molar-refractivity contribution >= 4 is 17.3 Å². The van der Waals surface area contributed by atoms with Crippen molar-refractivity contribution in [2.45, 2.75) is 32.6 Å². The Morgan fingerprint density at radius 1 is 1.12 bits per heavy atom. The van der Waals surface area contributed by atoms with E-state index in [0.29, 0.717) is 5.92 Å². The second-order valence-electron chi connectivity index (χ2n) is 6.78. The van der Waals surface area contributed by atoms with Crippen LogP contribution in [0.3, 0.4) is 0 Å². The maximum atomic E-state index is 12.3. The maximum Gasteiger partial charge on any atom is 0.262 e. The second kappa shape index (κ2) is 8.06. The molecule has 0 radical (unpaired) electrons. The van der Waals surface area contributed by atoms with E-state index in [2.05, 4.69) is 36.2 Å². The number of rotatable bonds is 6. The lowest BCUT2D eigenvalue weighted by Gasteiger charge is -2.21. The van der Waals surface area contributed by atoms with Crippen LogP contribution in [0.2, 0.25) is 0 Å². The summed E-state index contributed by atoms with van der Waals surface area (Å²) in [5, 5.41) is 2.99. The van der Waals surface area contributed by atoms with E-state index in [4.69, 9.17) is 4.74 Å².